The number of rotatable bonds is 6. The summed E-state index contributed by atoms with van der Waals surface area (Å²) in [6, 6.07) is 5.80. The van der Waals surface area contributed by atoms with Crippen molar-refractivity contribution in [2.24, 2.45) is 0 Å². The van der Waals surface area contributed by atoms with E-state index in [4.69, 9.17) is 4.74 Å². The lowest BCUT2D eigenvalue weighted by atomic mass is 10.2. The van der Waals surface area contributed by atoms with Crippen LogP contribution in [0.3, 0.4) is 0 Å². The van der Waals surface area contributed by atoms with Gasteiger partial charge in [0.05, 0.1) is 18.4 Å². The number of sulfonamides is 1. The van der Waals surface area contributed by atoms with Crippen LogP contribution in [0, 0.1) is 0 Å². The van der Waals surface area contributed by atoms with E-state index in [-0.39, 0.29) is 0 Å². The molecule has 0 saturated carbocycles. The van der Waals surface area contributed by atoms with Crippen molar-refractivity contribution in [3.63, 3.8) is 0 Å². The van der Waals surface area contributed by atoms with E-state index in [1.807, 2.05) is 18.2 Å². The summed E-state index contributed by atoms with van der Waals surface area (Å²) in [7, 11) is -3.06. The molecule has 0 amide bonds. The van der Waals surface area contributed by atoms with Crippen molar-refractivity contribution in [3.8, 4) is 5.75 Å². The highest BCUT2D eigenvalue weighted by Gasteiger charge is 2.22. The Morgan fingerprint density at radius 3 is 2.75 bits per heavy atom. The molecule has 0 atom stereocenters. The highest BCUT2D eigenvalue weighted by molar-refractivity contribution is 7.88. The monoisotopic (exact) mass is 350 g/mol. The van der Waals surface area contributed by atoms with Gasteiger partial charge in [-0.15, -0.1) is 0 Å². The van der Waals surface area contributed by atoms with Gasteiger partial charge in [0.25, 0.3) is 0 Å². The van der Waals surface area contributed by atoms with Gasteiger partial charge in [-0.1, -0.05) is 0 Å². The van der Waals surface area contributed by atoms with Crippen LogP contribution in [0.5, 0.6) is 5.75 Å². The van der Waals surface area contributed by atoms with E-state index in [0.717, 1.165) is 42.7 Å². The third-order valence-corrected chi connectivity index (χ3v) is 5.47. The third kappa shape index (κ3) is 4.40. The predicted octanol–water partition coefficient (Wildman–Crippen LogP) is 0.976. The Balaban J connectivity index is 1.41. The Morgan fingerprint density at radius 2 is 2.00 bits per heavy atom. The highest BCUT2D eigenvalue weighted by Crippen LogP contribution is 2.18. The maximum absolute atomic E-state index is 11.5. The first kappa shape index (κ1) is 17.1. The quantitative estimate of drug-likeness (QED) is 0.723. The number of fused-ring (bicyclic) bond motifs is 1. The topological polar surface area (TPSA) is 75.6 Å². The Morgan fingerprint density at radius 1 is 1.21 bits per heavy atom. The minimum absolute atomic E-state index is 0.573. The fourth-order valence-electron chi connectivity index (χ4n) is 2.81. The molecule has 7 nitrogen and oxygen atoms in total. The summed E-state index contributed by atoms with van der Waals surface area (Å²) in [6.45, 7) is 4.24. The van der Waals surface area contributed by atoms with Crippen molar-refractivity contribution in [2.45, 2.75) is 6.42 Å². The molecule has 0 radical (unpaired) electrons. The molecule has 3 rings (SSSR count). The van der Waals surface area contributed by atoms with Gasteiger partial charge < -0.3 is 9.64 Å². The van der Waals surface area contributed by atoms with Crippen LogP contribution in [0.4, 0.5) is 0 Å². The molecule has 1 fully saturated rings. The molecule has 0 spiro atoms. The van der Waals surface area contributed by atoms with Crippen LogP contribution in [-0.2, 0) is 10.0 Å². The molecule has 1 aliphatic rings. The van der Waals surface area contributed by atoms with Crippen molar-refractivity contribution >= 4 is 20.9 Å². The number of nitrogens with zero attached hydrogens (tertiary/aromatic N) is 4. The van der Waals surface area contributed by atoms with E-state index in [1.165, 1.54) is 16.9 Å². The number of hydrogen-bond donors (Lipinski definition) is 0. The van der Waals surface area contributed by atoms with Gasteiger partial charge >= 0.3 is 0 Å². The number of ether oxygens (including phenoxy) is 1. The van der Waals surface area contributed by atoms with Crippen LogP contribution in [0.1, 0.15) is 6.42 Å². The standard InChI is InChI=1S/C16H22N4O3S/c1-24(21,22)20-8-6-19(7-9-20)5-2-10-23-15-4-3-14-12-17-13-18-16(14)11-15/h3-4,11-13H,2,5-10H2,1H3. The van der Waals surface area contributed by atoms with Crippen molar-refractivity contribution in [1.29, 1.82) is 0 Å². The summed E-state index contributed by atoms with van der Waals surface area (Å²) in [6.07, 6.45) is 5.48. The zero-order valence-corrected chi connectivity index (χ0v) is 14.6. The van der Waals surface area contributed by atoms with Crippen LogP contribution in [-0.4, -0.2) is 73.2 Å². The van der Waals surface area contributed by atoms with Gasteiger partial charge in [-0.2, -0.15) is 4.31 Å². The van der Waals surface area contributed by atoms with E-state index in [2.05, 4.69) is 14.9 Å². The molecule has 0 N–H and O–H groups in total. The van der Waals surface area contributed by atoms with Crippen molar-refractivity contribution < 1.29 is 13.2 Å². The highest BCUT2D eigenvalue weighted by atomic mass is 32.2. The minimum atomic E-state index is -3.06. The van der Waals surface area contributed by atoms with Gasteiger partial charge in [-0.25, -0.2) is 18.4 Å². The first-order valence-electron chi connectivity index (χ1n) is 8.02. The van der Waals surface area contributed by atoms with E-state index < -0.39 is 10.0 Å². The molecule has 8 heteroatoms. The second-order valence-corrected chi connectivity index (χ2v) is 7.93. The maximum atomic E-state index is 11.5. The Labute approximate surface area is 142 Å². The van der Waals surface area contributed by atoms with E-state index in [9.17, 15) is 8.42 Å². The lowest BCUT2D eigenvalue weighted by Gasteiger charge is -2.33. The predicted molar refractivity (Wildman–Crippen MR) is 92.5 cm³/mol. The van der Waals surface area contributed by atoms with Gasteiger partial charge in [0.2, 0.25) is 10.0 Å². The van der Waals surface area contributed by atoms with Crippen molar-refractivity contribution in [2.75, 3.05) is 45.6 Å². The molecule has 2 aromatic rings. The molecule has 1 aliphatic heterocycles. The van der Waals surface area contributed by atoms with Crippen LogP contribution in [0.15, 0.2) is 30.7 Å². The normalized spacial score (nSPS) is 17.2. The van der Waals surface area contributed by atoms with Crippen molar-refractivity contribution in [3.05, 3.63) is 30.7 Å². The smallest absolute Gasteiger partial charge is 0.211 e. The van der Waals surface area contributed by atoms with Crippen molar-refractivity contribution in [1.82, 2.24) is 19.2 Å². The lowest BCUT2D eigenvalue weighted by Crippen LogP contribution is -2.48. The van der Waals surface area contributed by atoms with Gasteiger partial charge in [0.1, 0.15) is 12.1 Å². The number of hydrogen-bond acceptors (Lipinski definition) is 6. The summed E-state index contributed by atoms with van der Waals surface area (Å²) in [5.41, 5.74) is 0.874. The maximum Gasteiger partial charge on any atom is 0.211 e. The van der Waals surface area contributed by atoms with Gasteiger partial charge in [0.15, 0.2) is 0 Å². The van der Waals surface area contributed by atoms with E-state index in [0.29, 0.717) is 19.7 Å². The Bertz CT molecular complexity index is 789. The molecule has 1 aromatic heterocycles. The Hall–Kier alpha value is -1.77. The summed E-state index contributed by atoms with van der Waals surface area (Å²) in [5.74, 6) is 0.808. The zero-order valence-electron chi connectivity index (χ0n) is 13.8. The third-order valence-electron chi connectivity index (χ3n) is 4.17. The fraction of sp³-hybridized carbons (Fsp3) is 0.500. The molecule has 0 unspecified atom stereocenters. The number of benzene rings is 1. The van der Waals surface area contributed by atoms with E-state index in [1.54, 1.807) is 6.20 Å². The molecule has 0 bridgehead atoms. The minimum Gasteiger partial charge on any atom is -0.493 e. The average molecular weight is 350 g/mol. The van der Waals surface area contributed by atoms with Gasteiger partial charge in [0, 0.05) is 50.4 Å². The second-order valence-electron chi connectivity index (χ2n) is 5.95. The molecule has 0 aliphatic carbocycles. The SMILES string of the molecule is CS(=O)(=O)N1CCN(CCCOc2ccc3cncnc3c2)CC1. The first-order chi connectivity index (χ1) is 11.5. The summed E-state index contributed by atoms with van der Waals surface area (Å²) >= 11 is 0. The molecular weight excluding hydrogens is 328 g/mol. The van der Waals surface area contributed by atoms with Crippen LogP contribution >= 0.6 is 0 Å². The number of piperazine rings is 1. The second kappa shape index (κ2) is 7.42. The van der Waals surface area contributed by atoms with Crippen LogP contribution < -0.4 is 4.74 Å². The molecule has 1 saturated heterocycles. The summed E-state index contributed by atoms with van der Waals surface area (Å²) in [5, 5.41) is 0.994. The summed E-state index contributed by atoms with van der Waals surface area (Å²) < 4.78 is 30.3. The van der Waals surface area contributed by atoms with Gasteiger partial charge in [-0.05, 0) is 18.6 Å². The molecule has 24 heavy (non-hydrogen) atoms. The lowest BCUT2D eigenvalue weighted by molar-refractivity contribution is 0.175. The van der Waals surface area contributed by atoms with Gasteiger partial charge in [-0.3, -0.25) is 0 Å². The number of aromatic nitrogens is 2. The molecular formula is C16H22N4O3S. The first-order valence-corrected chi connectivity index (χ1v) is 9.87. The molecule has 2 heterocycles. The molecule has 130 valence electrons. The fourth-order valence-corrected chi connectivity index (χ4v) is 3.63. The van der Waals surface area contributed by atoms with Crippen LogP contribution in [0.2, 0.25) is 0 Å². The molecule has 1 aromatic carbocycles. The Kier molecular flexibility index (Phi) is 5.27. The largest absolute Gasteiger partial charge is 0.493 e. The summed E-state index contributed by atoms with van der Waals surface area (Å²) in [4.78, 5) is 10.5. The van der Waals surface area contributed by atoms with E-state index >= 15 is 0 Å². The zero-order chi connectivity index (χ0) is 17.0. The average Bonchev–Trinajstić information content (AvgIpc) is 2.58. The van der Waals surface area contributed by atoms with Crippen LogP contribution in [0.25, 0.3) is 10.9 Å².